The Labute approximate surface area is 157 Å². The molecule has 1 unspecified atom stereocenters. The fraction of sp³-hybridized carbons (Fsp3) is 0.273. The molecule has 1 aliphatic carbocycles. The zero-order valence-electron chi connectivity index (χ0n) is 15.3. The lowest BCUT2D eigenvalue weighted by Gasteiger charge is -2.11. The fourth-order valence-corrected chi connectivity index (χ4v) is 3.62. The third-order valence-electron chi connectivity index (χ3n) is 5.40. The number of benzene rings is 2. The summed E-state index contributed by atoms with van der Waals surface area (Å²) in [5, 5.41) is 23.3. The van der Waals surface area contributed by atoms with E-state index in [4.69, 9.17) is 4.52 Å². The Bertz CT molecular complexity index is 980. The Balaban J connectivity index is 1.61. The normalized spacial score (nSPS) is 16.1. The number of carboxylic acid groups (broad SMARTS) is 1. The maximum atomic E-state index is 11.5. The number of aliphatic hydroxyl groups excluding tert-OH is 1. The van der Waals surface area contributed by atoms with Crippen LogP contribution in [0.1, 0.15) is 42.7 Å². The van der Waals surface area contributed by atoms with Gasteiger partial charge in [-0.1, -0.05) is 53.7 Å². The van der Waals surface area contributed by atoms with E-state index < -0.39 is 17.5 Å². The molecule has 3 aromatic rings. The lowest BCUT2D eigenvalue weighted by molar-refractivity contribution is -0.140. The Kier molecular flexibility index (Phi) is 4.12. The standard InChI is InChI=1S/C22H21NO4/c1-13-19(14(2)24)20(27-23-13)17-5-3-15(4-6-17)16-7-9-18(10-8-16)22(11-12-22)21(25)26/h3-10,14,24H,11-12H2,1-2H3,(H,25,26). The molecule has 1 heterocycles. The summed E-state index contributed by atoms with van der Waals surface area (Å²) >= 11 is 0. The summed E-state index contributed by atoms with van der Waals surface area (Å²) in [5.41, 5.74) is 4.49. The Morgan fingerprint density at radius 3 is 2.04 bits per heavy atom. The highest BCUT2D eigenvalue weighted by molar-refractivity contribution is 5.85. The molecule has 1 fully saturated rings. The van der Waals surface area contributed by atoms with Crippen LogP contribution in [-0.4, -0.2) is 21.3 Å². The van der Waals surface area contributed by atoms with Gasteiger partial charge >= 0.3 is 5.97 Å². The third-order valence-corrected chi connectivity index (χ3v) is 5.40. The van der Waals surface area contributed by atoms with E-state index in [9.17, 15) is 15.0 Å². The predicted molar refractivity (Wildman–Crippen MR) is 101 cm³/mol. The van der Waals surface area contributed by atoms with Gasteiger partial charge in [-0.05, 0) is 43.4 Å². The van der Waals surface area contributed by atoms with E-state index in [0.29, 0.717) is 29.9 Å². The van der Waals surface area contributed by atoms with Crippen molar-refractivity contribution in [3.8, 4) is 22.5 Å². The first-order valence-electron chi connectivity index (χ1n) is 9.01. The zero-order valence-corrected chi connectivity index (χ0v) is 15.3. The molecule has 4 rings (SSSR count). The van der Waals surface area contributed by atoms with Crippen LogP contribution < -0.4 is 0 Å². The summed E-state index contributed by atoms with van der Waals surface area (Å²) < 4.78 is 5.41. The van der Waals surface area contributed by atoms with Crippen molar-refractivity contribution in [2.24, 2.45) is 0 Å². The number of hydrogen-bond acceptors (Lipinski definition) is 4. The maximum absolute atomic E-state index is 11.5. The number of aromatic nitrogens is 1. The summed E-state index contributed by atoms with van der Waals surface area (Å²) in [6, 6.07) is 15.6. The highest BCUT2D eigenvalue weighted by Crippen LogP contribution is 2.48. The largest absolute Gasteiger partial charge is 0.481 e. The van der Waals surface area contributed by atoms with Gasteiger partial charge in [-0.2, -0.15) is 0 Å². The van der Waals surface area contributed by atoms with Gasteiger partial charge in [-0.25, -0.2) is 0 Å². The van der Waals surface area contributed by atoms with Crippen molar-refractivity contribution in [3.05, 3.63) is 65.4 Å². The molecule has 2 N–H and O–H groups in total. The summed E-state index contributed by atoms with van der Waals surface area (Å²) in [7, 11) is 0. The zero-order chi connectivity index (χ0) is 19.2. The van der Waals surface area contributed by atoms with Gasteiger partial charge in [0.25, 0.3) is 0 Å². The Morgan fingerprint density at radius 1 is 1.04 bits per heavy atom. The molecule has 0 amide bonds. The Hall–Kier alpha value is -2.92. The molecule has 1 saturated carbocycles. The quantitative estimate of drug-likeness (QED) is 0.698. The number of nitrogens with zero attached hydrogens (tertiary/aromatic N) is 1. The number of carboxylic acids is 1. The van der Waals surface area contributed by atoms with Crippen LogP contribution in [0.3, 0.4) is 0 Å². The van der Waals surface area contributed by atoms with Gasteiger partial charge in [0, 0.05) is 5.56 Å². The van der Waals surface area contributed by atoms with E-state index in [0.717, 1.165) is 22.3 Å². The van der Waals surface area contributed by atoms with Gasteiger partial charge in [0.15, 0.2) is 5.76 Å². The highest BCUT2D eigenvalue weighted by Gasteiger charge is 2.51. The fourth-order valence-electron chi connectivity index (χ4n) is 3.62. The van der Waals surface area contributed by atoms with E-state index in [-0.39, 0.29) is 0 Å². The van der Waals surface area contributed by atoms with Crippen LogP contribution in [0, 0.1) is 6.92 Å². The number of aliphatic carboxylic acids is 1. The molecule has 27 heavy (non-hydrogen) atoms. The van der Waals surface area contributed by atoms with Crippen molar-refractivity contribution in [1.29, 1.82) is 0 Å². The molecule has 5 heteroatoms. The molecular weight excluding hydrogens is 342 g/mol. The molecule has 5 nitrogen and oxygen atoms in total. The second kappa shape index (κ2) is 6.35. The lowest BCUT2D eigenvalue weighted by Crippen LogP contribution is -2.19. The van der Waals surface area contributed by atoms with Crippen molar-refractivity contribution < 1.29 is 19.5 Å². The summed E-state index contributed by atoms with van der Waals surface area (Å²) in [6.45, 7) is 3.51. The van der Waals surface area contributed by atoms with Crippen LogP contribution in [0.4, 0.5) is 0 Å². The van der Waals surface area contributed by atoms with Crippen molar-refractivity contribution in [2.45, 2.75) is 38.2 Å². The first kappa shape index (κ1) is 17.5. The second-order valence-corrected chi connectivity index (χ2v) is 7.23. The number of aryl methyl sites for hydroxylation is 1. The minimum absolute atomic E-state index is 0.585. The third kappa shape index (κ3) is 2.94. The van der Waals surface area contributed by atoms with E-state index in [2.05, 4.69) is 5.16 Å². The first-order chi connectivity index (χ1) is 12.9. The molecule has 0 radical (unpaired) electrons. The van der Waals surface area contributed by atoms with Crippen LogP contribution in [0.5, 0.6) is 0 Å². The molecule has 1 atom stereocenters. The summed E-state index contributed by atoms with van der Waals surface area (Å²) in [4.78, 5) is 11.5. The topological polar surface area (TPSA) is 83.6 Å². The van der Waals surface area contributed by atoms with Crippen LogP contribution in [0.15, 0.2) is 53.1 Å². The van der Waals surface area contributed by atoms with E-state index in [1.807, 2.05) is 55.5 Å². The van der Waals surface area contributed by atoms with Crippen molar-refractivity contribution in [2.75, 3.05) is 0 Å². The van der Waals surface area contributed by atoms with Crippen LogP contribution >= 0.6 is 0 Å². The molecular formula is C22H21NO4. The van der Waals surface area contributed by atoms with Gasteiger partial charge in [0.1, 0.15) is 0 Å². The van der Waals surface area contributed by atoms with Crippen molar-refractivity contribution >= 4 is 5.97 Å². The second-order valence-electron chi connectivity index (χ2n) is 7.23. The molecule has 0 aliphatic heterocycles. The number of aliphatic hydroxyl groups is 1. The number of carbonyl (C=O) groups is 1. The van der Waals surface area contributed by atoms with Crippen LogP contribution in [0.2, 0.25) is 0 Å². The van der Waals surface area contributed by atoms with Crippen LogP contribution in [-0.2, 0) is 10.2 Å². The summed E-state index contributed by atoms with van der Waals surface area (Å²) in [6.07, 6.45) is 0.763. The van der Waals surface area contributed by atoms with Gasteiger partial charge in [-0.3, -0.25) is 4.79 Å². The van der Waals surface area contributed by atoms with Gasteiger partial charge in [0.2, 0.25) is 0 Å². The van der Waals surface area contributed by atoms with E-state index in [1.165, 1.54) is 0 Å². The molecule has 2 aromatic carbocycles. The molecule has 0 saturated heterocycles. The molecule has 138 valence electrons. The highest BCUT2D eigenvalue weighted by atomic mass is 16.5. The minimum atomic E-state index is -0.740. The van der Waals surface area contributed by atoms with E-state index in [1.54, 1.807) is 6.92 Å². The number of hydrogen-bond donors (Lipinski definition) is 2. The van der Waals surface area contributed by atoms with E-state index >= 15 is 0 Å². The monoisotopic (exact) mass is 363 g/mol. The minimum Gasteiger partial charge on any atom is -0.481 e. The molecule has 0 spiro atoms. The number of rotatable bonds is 5. The SMILES string of the molecule is Cc1noc(-c2ccc(-c3ccc(C4(C(=O)O)CC4)cc3)cc2)c1C(C)O. The average molecular weight is 363 g/mol. The van der Waals surface area contributed by atoms with Crippen LogP contribution in [0.25, 0.3) is 22.5 Å². The Morgan fingerprint density at radius 2 is 1.56 bits per heavy atom. The van der Waals surface area contributed by atoms with Crippen molar-refractivity contribution in [1.82, 2.24) is 5.16 Å². The van der Waals surface area contributed by atoms with Gasteiger partial charge < -0.3 is 14.7 Å². The van der Waals surface area contributed by atoms with Gasteiger partial charge in [0.05, 0.1) is 22.8 Å². The lowest BCUT2D eigenvalue weighted by atomic mass is 9.93. The first-order valence-corrected chi connectivity index (χ1v) is 9.01. The maximum Gasteiger partial charge on any atom is 0.314 e. The average Bonchev–Trinajstić information content (AvgIpc) is 3.39. The smallest absolute Gasteiger partial charge is 0.314 e. The molecule has 0 bridgehead atoms. The predicted octanol–water partition coefficient (Wildman–Crippen LogP) is 4.49. The summed E-state index contributed by atoms with van der Waals surface area (Å²) in [5.74, 6) is -0.155. The molecule has 1 aromatic heterocycles. The molecule has 1 aliphatic rings. The van der Waals surface area contributed by atoms with Crippen molar-refractivity contribution in [3.63, 3.8) is 0 Å². The van der Waals surface area contributed by atoms with Gasteiger partial charge in [-0.15, -0.1) is 0 Å².